The van der Waals surface area contributed by atoms with Gasteiger partial charge in [-0.15, -0.1) is 0 Å². The minimum absolute atomic E-state index is 0.000402. The number of likely N-dealkylation sites (tertiary alicyclic amines) is 1. The smallest absolute Gasteiger partial charge is 0.240 e. The number of ether oxygens (including phenoxy) is 1. The van der Waals surface area contributed by atoms with Gasteiger partial charge in [-0.1, -0.05) is 32.8 Å². The predicted octanol–water partition coefficient (Wildman–Crippen LogP) is 5.98. The molecule has 5 N–H and O–H groups in total. The molecule has 3 aromatic rings. The number of hydrogen-bond acceptors (Lipinski definition) is 14. The fourth-order valence-corrected chi connectivity index (χ4v) is 9.97. The number of nitrogens with two attached hydrogens (primary N) is 1. The van der Waals surface area contributed by atoms with Crippen LogP contribution < -0.4 is 36.4 Å². The highest BCUT2D eigenvalue weighted by molar-refractivity contribution is 5.84. The van der Waals surface area contributed by atoms with E-state index in [1.807, 2.05) is 13.0 Å². The lowest BCUT2D eigenvalue weighted by atomic mass is 9.82. The van der Waals surface area contributed by atoms with Gasteiger partial charge in [0, 0.05) is 109 Å². The molecule has 2 atom stereocenters. The van der Waals surface area contributed by atoms with Crippen molar-refractivity contribution in [2.75, 3.05) is 106 Å². The first-order chi connectivity index (χ1) is 34.1. The summed E-state index contributed by atoms with van der Waals surface area (Å²) in [5.41, 5.74) is 9.10. The van der Waals surface area contributed by atoms with Gasteiger partial charge in [-0.05, 0) is 107 Å². The number of aromatic nitrogens is 2. The third-order valence-corrected chi connectivity index (χ3v) is 14.8. The molecule has 4 saturated heterocycles. The summed E-state index contributed by atoms with van der Waals surface area (Å²) >= 11 is 0. The van der Waals surface area contributed by atoms with E-state index in [1.165, 1.54) is 17.8 Å². The minimum atomic E-state index is -0.522. The van der Waals surface area contributed by atoms with Crippen molar-refractivity contribution in [2.45, 2.75) is 122 Å². The van der Waals surface area contributed by atoms with E-state index >= 15 is 8.78 Å². The number of benzene rings is 2. The minimum Gasteiger partial charge on any atom is -0.377 e. The highest BCUT2D eigenvalue weighted by Crippen LogP contribution is 2.35. The van der Waals surface area contributed by atoms with Crippen LogP contribution in [0.25, 0.3) is 0 Å². The van der Waals surface area contributed by atoms with Gasteiger partial charge >= 0.3 is 0 Å². The molecular formula is C53H79F2N11O5. The molecule has 0 saturated carbocycles. The zero-order valence-corrected chi connectivity index (χ0v) is 42.8. The molecule has 4 aliphatic heterocycles. The lowest BCUT2D eigenvalue weighted by Crippen LogP contribution is -2.66. The number of rotatable bonds is 22. The van der Waals surface area contributed by atoms with Crippen LogP contribution in [-0.2, 0) is 37.0 Å². The van der Waals surface area contributed by atoms with Crippen molar-refractivity contribution in [3.63, 3.8) is 0 Å². The number of hydrogen-bond donors (Lipinski definition) is 4. The molecule has 18 heteroatoms. The first kappa shape index (κ1) is 55.0. The van der Waals surface area contributed by atoms with Gasteiger partial charge in [-0.2, -0.15) is 0 Å². The first-order valence-electron chi connectivity index (χ1n) is 25.7. The Morgan fingerprint density at radius 3 is 2.27 bits per heavy atom. The monoisotopic (exact) mass is 988 g/mol. The topological polar surface area (TPSA) is 182 Å². The van der Waals surface area contributed by atoms with E-state index < -0.39 is 29.1 Å². The van der Waals surface area contributed by atoms with Crippen LogP contribution in [-0.4, -0.2) is 142 Å². The number of amides is 2. The Balaban J connectivity index is 0.000000262. The van der Waals surface area contributed by atoms with Crippen molar-refractivity contribution in [2.24, 2.45) is 11.1 Å². The molecule has 0 aliphatic carbocycles. The Morgan fingerprint density at radius 1 is 0.859 bits per heavy atom. The standard InChI is InChI=1S/C33H47F2N7O2.C20H32N4O3/c1-32(2)8-13-40(14-9-32)21-25-18-27(35)28(19-26(25)34)42-22-31(44)39-33(23-42)10-15-41(16-11-33)30-20-29(37-24-38-30)36-12-6-4-3-5-7-17-43;1-15(27-3)18-7-6-17(24-10-8-23(2)9-11-24)13-16(18)14-22-19(20(21)26)5-4-12-25/h17-20,24H,3-16,21-23H2,1-2H3,(H,39,44)(H,36,37,38);6-7,12-13,15,19,22H,4-5,8-11,14H2,1-3H3,(H2,21,26). The Bertz CT molecular complexity index is 2210. The largest absolute Gasteiger partial charge is 0.377 e. The number of piperidine rings is 2. The predicted molar refractivity (Wildman–Crippen MR) is 276 cm³/mol. The van der Waals surface area contributed by atoms with Crippen molar-refractivity contribution >= 4 is 47.4 Å². The second-order valence-electron chi connectivity index (χ2n) is 20.7. The summed E-state index contributed by atoms with van der Waals surface area (Å²) in [5, 5.41) is 9.75. The molecule has 4 aliphatic rings. The average molecular weight is 988 g/mol. The third-order valence-electron chi connectivity index (χ3n) is 14.8. The Labute approximate surface area is 419 Å². The molecule has 16 nitrogen and oxygen atoms in total. The van der Waals surface area contributed by atoms with E-state index in [9.17, 15) is 19.2 Å². The van der Waals surface area contributed by atoms with Gasteiger partial charge in [0.25, 0.3) is 0 Å². The van der Waals surface area contributed by atoms with Crippen LogP contribution >= 0.6 is 0 Å². The fraction of sp³-hybridized carbons (Fsp3) is 0.623. The number of aldehydes is 2. The fourth-order valence-electron chi connectivity index (χ4n) is 9.97. The van der Waals surface area contributed by atoms with Crippen molar-refractivity contribution in [1.82, 2.24) is 30.4 Å². The quantitative estimate of drug-likeness (QED) is 0.0682. The van der Waals surface area contributed by atoms with E-state index in [-0.39, 0.29) is 24.2 Å². The molecule has 7 rings (SSSR count). The highest BCUT2D eigenvalue weighted by Gasteiger charge is 2.42. The zero-order valence-electron chi connectivity index (χ0n) is 42.8. The van der Waals surface area contributed by atoms with Crippen molar-refractivity contribution in [3.8, 4) is 0 Å². The maximum absolute atomic E-state index is 15.5. The van der Waals surface area contributed by atoms with Gasteiger partial charge < -0.3 is 55.6 Å². The molecule has 1 aromatic heterocycles. The molecule has 2 unspecified atom stereocenters. The number of methoxy groups -OCH3 is 1. The summed E-state index contributed by atoms with van der Waals surface area (Å²) in [7, 11) is 3.83. The maximum atomic E-state index is 15.5. The molecule has 0 bridgehead atoms. The number of nitrogens with zero attached hydrogens (tertiary/aromatic N) is 7. The Hall–Kier alpha value is -5.30. The summed E-state index contributed by atoms with van der Waals surface area (Å²) in [6.07, 6.45) is 12.1. The van der Waals surface area contributed by atoms with Crippen molar-refractivity contribution in [1.29, 1.82) is 0 Å². The molecule has 390 valence electrons. The zero-order chi connectivity index (χ0) is 51.0. The molecule has 0 radical (unpaired) electrons. The van der Waals surface area contributed by atoms with E-state index in [0.29, 0.717) is 75.8 Å². The van der Waals surface area contributed by atoms with E-state index in [4.69, 9.17) is 10.5 Å². The van der Waals surface area contributed by atoms with Gasteiger partial charge in [-0.25, -0.2) is 18.7 Å². The van der Waals surface area contributed by atoms with Crippen LogP contribution in [0.2, 0.25) is 0 Å². The molecule has 4 fully saturated rings. The summed E-state index contributed by atoms with van der Waals surface area (Å²) in [4.78, 5) is 65.2. The van der Waals surface area contributed by atoms with Gasteiger partial charge in [-0.3, -0.25) is 14.5 Å². The molecule has 2 amide bonds. The van der Waals surface area contributed by atoms with Gasteiger partial charge in [0.1, 0.15) is 42.2 Å². The summed E-state index contributed by atoms with van der Waals surface area (Å²) in [6.45, 7) is 15.8. The van der Waals surface area contributed by atoms with Crippen LogP contribution in [0.3, 0.4) is 0 Å². The normalized spacial score (nSPS) is 19.1. The number of unbranched alkanes of at least 4 members (excludes halogenated alkanes) is 4. The molecular weight excluding hydrogens is 909 g/mol. The lowest BCUT2D eigenvalue weighted by Gasteiger charge is -2.48. The SMILES string of the molecule is CC1(C)CCN(Cc2cc(F)c(N3CC(=O)NC4(CCN(c5cc(NCCCCCCC=O)ncn5)CC4)C3)cc2F)CC1.COC(C)c1ccc(N2CCN(C)CC2)cc1CNC(CCC=O)C(N)=O. The van der Waals surface area contributed by atoms with Crippen LogP contribution in [0.1, 0.15) is 114 Å². The summed E-state index contributed by atoms with van der Waals surface area (Å²) in [6, 6.07) is 10.4. The molecule has 2 aromatic carbocycles. The maximum Gasteiger partial charge on any atom is 0.240 e. The van der Waals surface area contributed by atoms with E-state index in [0.717, 1.165) is 120 Å². The van der Waals surface area contributed by atoms with Crippen LogP contribution in [0.5, 0.6) is 0 Å². The van der Waals surface area contributed by atoms with Gasteiger partial charge in [0.05, 0.1) is 29.9 Å². The number of carbonyl (C=O) groups excluding carboxylic acids is 4. The average Bonchev–Trinajstić information content (AvgIpc) is 3.35. The highest BCUT2D eigenvalue weighted by atomic mass is 19.1. The number of likely N-dealkylation sites (N-methyl/N-ethyl adjacent to an activating group) is 1. The van der Waals surface area contributed by atoms with Gasteiger partial charge in [0.15, 0.2) is 0 Å². The number of piperazine rings is 2. The number of halogens is 2. The van der Waals surface area contributed by atoms with Crippen molar-refractivity contribution in [3.05, 3.63) is 71.1 Å². The lowest BCUT2D eigenvalue weighted by molar-refractivity contribution is -0.123. The molecule has 5 heterocycles. The molecule has 71 heavy (non-hydrogen) atoms. The number of carbonyl (C=O) groups is 4. The second kappa shape index (κ2) is 26.4. The Kier molecular flexibility index (Phi) is 20.5. The Morgan fingerprint density at radius 2 is 1.58 bits per heavy atom. The molecule has 1 spiro atoms. The third kappa shape index (κ3) is 16.1. The number of primary amides is 1. The number of nitrogens with one attached hydrogen (secondary N) is 3. The van der Waals surface area contributed by atoms with Crippen molar-refractivity contribution < 1.29 is 32.7 Å². The summed E-state index contributed by atoms with van der Waals surface area (Å²) in [5.74, 6) is 0.0708. The van der Waals surface area contributed by atoms with Gasteiger partial charge in [0.2, 0.25) is 11.8 Å². The van der Waals surface area contributed by atoms with Crippen LogP contribution in [0.4, 0.5) is 31.8 Å². The van der Waals surface area contributed by atoms with E-state index in [1.54, 1.807) is 18.3 Å². The number of anilines is 4. The van der Waals surface area contributed by atoms with Crippen LogP contribution in [0, 0.1) is 17.0 Å². The summed E-state index contributed by atoms with van der Waals surface area (Å²) < 4.78 is 36.3. The van der Waals surface area contributed by atoms with Crippen LogP contribution in [0.15, 0.2) is 42.7 Å². The van der Waals surface area contributed by atoms with E-state index in [2.05, 4.69) is 84.6 Å². The second-order valence-corrected chi connectivity index (χ2v) is 20.7. The first-order valence-corrected chi connectivity index (χ1v) is 25.7.